The lowest BCUT2D eigenvalue weighted by Crippen LogP contribution is -2.45. The Kier molecular flexibility index (Phi) is 10.4. The van der Waals surface area contributed by atoms with Gasteiger partial charge in [0.05, 0.1) is 19.8 Å². The van der Waals surface area contributed by atoms with Crippen molar-refractivity contribution in [2.75, 3.05) is 6.61 Å². The van der Waals surface area contributed by atoms with Crippen LogP contribution in [-0.4, -0.2) is 40.5 Å². The van der Waals surface area contributed by atoms with Gasteiger partial charge in [-0.05, 0) is 31.9 Å². The fraction of sp³-hybridized carbons (Fsp3) is 0.364. The highest BCUT2D eigenvalue weighted by Crippen LogP contribution is 2.07. The molecule has 3 N–H and O–H groups in total. The van der Waals surface area contributed by atoms with Gasteiger partial charge in [0.15, 0.2) is 6.04 Å². The molecule has 0 aliphatic heterocycles. The average molecular weight is 403 g/mol. The van der Waals surface area contributed by atoms with Crippen molar-refractivity contribution < 1.29 is 29.3 Å². The van der Waals surface area contributed by atoms with Crippen LogP contribution in [0.15, 0.2) is 60.7 Å². The van der Waals surface area contributed by atoms with E-state index in [0.29, 0.717) is 13.2 Å². The third-order valence-electron chi connectivity index (χ3n) is 3.39. The standard InChI is InChI=1S/C14H14O.C8H15NO5/c1-3-7-13(8-4-1)11-15-12-14-9-5-2-6-10-14;1-8(2,3)14-7(13)9-5(4-10)6(11)12/h1-10H,11-12H2;5,10H,4H2,1-3H3,(H,9,13)(H,11,12)/t;5-/m.0/s1. The van der Waals surface area contributed by atoms with Gasteiger partial charge in [-0.1, -0.05) is 60.7 Å². The van der Waals surface area contributed by atoms with Crippen molar-refractivity contribution in [3.63, 3.8) is 0 Å². The summed E-state index contributed by atoms with van der Waals surface area (Å²) in [5, 5.41) is 19.1. The van der Waals surface area contributed by atoms with Crippen molar-refractivity contribution in [3.05, 3.63) is 71.8 Å². The van der Waals surface area contributed by atoms with Crippen molar-refractivity contribution in [1.82, 2.24) is 5.32 Å². The first-order chi connectivity index (χ1) is 13.7. The van der Waals surface area contributed by atoms with Crippen LogP contribution < -0.4 is 5.32 Å². The van der Waals surface area contributed by atoms with Crippen LogP contribution >= 0.6 is 0 Å². The lowest BCUT2D eigenvalue weighted by atomic mass is 10.2. The second kappa shape index (κ2) is 12.5. The smallest absolute Gasteiger partial charge is 0.408 e. The molecule has 0 aromatic heterocycles. The van der Waals surface area contributed by atoms with E-state index in [4.69, 9.17) is 19.7 Å². The predicted molar refractivity (Wildman–Crippen MR) is 109 cm³/mol. The van der Waals surface area contributed by atoms with Crippen molar-refractivity contribution in [2.45, 2.75) is 45.6 Å². The number of hydrogen-bond acceptors (Lipinski definition) is 5. The molecule has 2 aromatic rings. The Bertz CT molecular complexity index is 688. The Hall–Kier alpha value is -2.90. The molecule has 0 aliphatic carbocycles. The minimum Gasteiger partial charge on any atom is -0.480 e. The number of carbonyl (C=O) groups excluding carboxylic acids is 1. The molecule has 0 fully saturated rings. The van der Waals surface area contributed by atoms with Crippen molar-refractivity contribution in [2.24, 2.45) is 0 Å². The van der Waals surface area contributed by atoms with Crippen molar-refractivity contribution >= 4 is 12.1 Å². The first-order valence-electron chi connectivity index (χ1n) is 9.20. The monoisotopic (exact) mass is 403 g/mol. The maximum atomic E-state index is 11.0. The first-order valence-corrected chi connectivity index (χ1v) is 9.20. The van der Waals surface area contributed by atoms with Crippen LogP contribution in [0.2, 0.25) is 0 Å². The van der Waals surface area contributed by atoms with Gasteiger partial charge in [-0.15, -0.1) is 0 Å². The van der Waals surface area contributed by atoms with Gasteiger partial charge in [0.1, 0.15) is 5.60 Å². The Balaban J connectivity index is 0.000000291. The molecular weight excluding hydrogens is 374 g/mol. The van der Waals surface area contributed by atoms with Gasteiger partial charge in [0, 0.05) is 0 Å². The van der Waals surface area contributed by atoms with E-state index >= 15 is 0 Å². The largest absolute Gasteiger partial charge is 0.480 e. The van der Waals surface area contributed by atoms with Gasteiger partial charge in [0.25, 0.3) is 0 Å². The van der Waals surface area contributed by atoms with Crippen LogP contribution in [0.3, 0.4) is 0 Å². The third-order valence-corrected chi connectivity index (χ3v) is 3.39. The number of rotatable bonds is 7. The van der Waals surface area contributed by atoms with Crippen LogP contribution in [0.25, 0.3) is 0 Å². The molecule has 0 saturated heterocycles. The molecule has 0 aliphatic rings. The number of amides is 1. The van der Waals surface area contributed by atoms with Crippen LogP contribution in [0.4, 0.5) is 4.79 Å². The lowest BCUT2D eigenvalue weighted by molar-refractivity contribution is -0.140. The van der Waals surface area contributed by atoms with Gasteiger partial charge in [-0.3, -0.25) is 0 Å². The number of carboxylic acids is 1. The molecule has 2 aromatic carbocycles. The quantitative estimate of drug-likeness (QED) is 0.655. The number of carbonyl (C=O) groups is 2. The first kappa shape index (κ1) is 24.1. The topological polar surface area (TPSA) is 105 Å². The molecular formula is C22H29NO6. The minimum atomic E-state index is -1.33. The van der Waals surface area contributed by atoms with Gasteiger partial charge in [-0.2, -0.15) is 0 Å². The van der Waals surface area contributed by atoms with Crippen LogP contribution in [-0.2, 0) is 27.5 Å². The zero-order valence-electron chi connectivity index (χ0n) is 17.0. The highest BCUT2D eigenvalue weighted by Gasteiger charge is 2.22. The summed E-state index contributed by atoms with van der Waals surface area (Å²) in [6.45, 7) is 5.64. The van der Waals surface area contributed by atoms with Crippen molar-refractivity contribution in [1.29, 1.82) is 0 Å². The molecule has 158 valence electrons. The zero-order valence-corrected chi connectivity index (χ0v) is 17.0. The summed E-state index contributed by atoms with van der Waals surface area (Å²) < 4.78 is 10.4. The molecule has 0 radical (unpaired) electrons. The molecule has 29 heavy (non-hydrogen) atoms. The fourth-order valence-corrected chi connectivity index (χ4v) is 2.07. The molecule has 0 bridgehead atoms. The van der Waals surface area contributed by atoms with E-state index in [1.165, 1.54) is 11.1 Å². The van der Waals surface area contributed by atoms with E-state index in [-0.39, 0.29) is 0 Å². The highest BCUT2D eigenvalue weighted by atomic mass is 16.6. The summed E-state index contributed by atoms with van der Waals surface area (Å²) in [6, 6.07) is 19.1. The summed E-state index contributed by atoms with van der Waals surface area (Å²) in [5.41, 5.74) is 1.74. The van der Waals surface area contributed by atoms with Gasteiger partial charge in [0.2, 0.25) is 0 Å². The summed E-state index contributed by atoms with van der Waals surface area (Å²) >= 11 is 0. The van der Waals surface area contributed by atoms with E-state index in [9.17, 15) is 9.59 Å². The molecule has 0 spiro atoms. The van der Waals surface area contributed by atoms with E-state index in [1.807, 2.05) is 41.7 Å². The fourth-order valence-electron chi connectivity index (χ4n) is 2.07. The summed E-state index contributed by atoms with van der Waals surface area (Å²) in [6.07, 6.45) is -0.862. The summed E-state index contributed by atoms with van der Waals surface area (Å²) in [5.74, 6) is -1.31. The van der Waals surface area contributed by atoms with E-state index in [1.54, 1.807) is 20.8 Å². The Labute approximate surface area is 171 Å². The number of nitrogens with one attached hydrogen (secondary N) is 1. The highest BCUT2D eigenvalue weighted by molar-refractivity contribution is 5.80. The van der Waals surface area contributed by atoms with Gasteiger partial charge >= 0.3 is 12.1 Å². The number of alkyl carbamates (subject to hydrolysis) is 1. The van der Waals surface area contributed by atoms with Crippen molar-refractivity contribution in [3.8, 4) is 0 Å². The maximum Gasteiger partial charge on any atom is 0.408 e. The number of carboxylic acid groups (broad SMARTS) is 1. The molecule has 1 atom stereocenters. The molecule has 0 unspecified atom stereocenters. The number of benzene rings is 2. The van der Waals surface area contributed by atoms with Crippen LogP contribution in [0, 0.1) is 0 Å². The number of aliphatic hydroxyl groups excluding tert-OH is 1. The molecule has 7 nitrogen and oxygen atoms in total. The SMILES string of the molecule is CC(C)(C)OC(=O)N[C@@H](CO)C(=O)O.c1ccc(COCc2ccccc2)cc1. The summed E-state index contributed by atoms with van der Waals surface area (Å²) in [7, 11) is 0. The minimum absolute atomic E-state index is 0.672. The number of aliphatic carboxylic acids is 1. The normalized spacial score (nSPS) is 11.6. The predicted octanol–water partition coefficient (Wildman–Crippen LogP) is 3.36. The van der Waals surface area contributed by atoms with E-state index in [2.05, 4.69) is 24.3 Å². The molecule has 7 heteroatoms. The van der Waals surface area contributed by atoms with Gasteiger partial charge < -0.3 is 25.0 Å². The lowest BCUT2D eigenvalue weighted by Gasteiger charge is -2.21. The Morgan fingerprint density at radius 2 is 1.38 bits per heavy atom. The maximum absolute atomic E-state index is 11.0. The number of ether oxygens (including phenoxy) is 2. The Morgan fingerprint density at radius 1 is 0.931 bits per heavy atom. The average Bonchev–Trinajstić information content (AvgIpc) is 2.67. The zero-order chi connectivity index (χ0) is 21.7. The molecule has 0 heterocycles. The molecule has 2 rings (SSSR count). The number of aliphatic hydroxyl groups is 1. The van der Waals surface area contributed by atoms with Gasteiger partial charge in [-0.25, -0.2) is 9.59 Å². The van der Waals surface area contributed by atoms with E-state index in [0.717, 1.165) is 0 Å². The molecule has 1 amide bonds. The molecule has 0 saturated carbocycles. The van der Waals surface area contributed by atoms with Crippen LogP contribution in [0.1, 0.15) is 31.9 Å². The van der Waals surface area contributed by atoms with E-state index < -0.39 is 30.3 Å². The third kappa shape index (κ3) is 11.5. The second-order valence-corrected chi connectivity index (χ2v) is 7.18. The summed E-state index contributed by atoms with van der Waals surface area (Å²) in [4.78, 5) is 21.4. The Morgan fingerprint density at radius 3 is 1.72 bits per heavy atom. The second-order valence-electron chi connectivity index (χ2n) is 7.18. The number of hydrogen-bond donors (Lipinski definition) is 3. The van der Waals surface area contributed by atoms with Crippen LogP contribution in [0.5, 0.6) is 0 Å².